The summed E-state index contributed by atoms with van der Waals surface area (Å²) in [6, 6.07) is 0.716. The van der Waals surface area contributed by atoms with E-state index in [4.69, 9.17) is 4.74 Å². The van der Waals surface area contributed by atoms with Crippen molar-refractivity contribution in [2.75, 3.05) is 39.9 Å². The predicted molar refractivity (Wildman–Crippen MR) is 78.0 cm³/mol. The van der Waals surface area contributed by atoms with Gasteiger partial charge in [0.25, 0.3) is 0 Å². The van der Waals surface area contributed by atoms with Crippen LogP contribution in [-0.4, -0.2) is 50.8 Å². The number of nitrogens with one attached hydrogen (secondary N) is 1. The molecule has 0 aliphatic carbocycles. The van der Waals surface area contributed by atoms with E-state index in [9.17, 15) is 0 Å². The van der Waals surface area contributed by atoms with E-state index in [1.165, 1.54) is 26.1 Å². The third kappa shape index (κ3) is 5.25. The van der Waals surface area contributed by atoms with Crippen LogP contribution in [0.5, 0.6) is 0 Å². The van der Waals surface area contributed by atoms with Gasteiger partial charge >= 0.3 is 0 Å². The Labute approximate surface area is 113 Å². The molecule has 0 aromatic carbocycles. The van der Waals surface area contributed by atoms with Crippen molar-refractivity contribution >= 4 is 0 Å². The van der Waals surface area contributed by atoms with Crippen molar-refractivity contribution in [2.24, 2.45) is 11.3 Å². The summed E-state index contributed by atoms with van der Waals surface area (Å²) < 4.78 is 5.21. The highest BCUT2D eigenvalue weighted by molar-refractivity contribution is 4.85. The normalized spacial score (nSPS) is 26.5. The maximum absolute atomic E-state index is 5.21. The summed E-state index contributed by atoms with van der Waals surface area (Å²) in [6.45, 7) is 14.9. The zero-order valence-corrected chi connectivity index (χ0v) is 13.0. The quantitative estimate of drug-likeness (QED) is 0.757. The minimum Gasteiger partial charge on any atom is -0.385 e. The lowest BCUT2D eigenvalue weighted by Gasteiger charge is -2.41. The first-order chi connectivity index (χ1) is 8.48. The fourth-order valence-electron chi connectivity index (χ4n) is 3.00. The summed E-state index contributed by atoms with van der Waals surface area (Å²) in [5.41, 5.74) is 0.362. The Morgan fingerprint density at radius 3 is 2.67 bits per heavy atom. The standard InChI is InChI=1S/C15H32N2O/c1-6-16-14-7-9-17(11-13(14)2)12-15(3,4)8-10-18-5/h13-14,16H,6-12H2,1-5H3. The van der Waals surface area contributed by atoms with E-state index < -0.39 is 0 Å². The Hall–Kier alpha value is -0.120. The summed E-state index contributed by atoms with van der Waals surface area (Å²) in [4.78, 5) is 2.63. The molecule has 108 valence electrons. The molecule has 1 fully saturated rings. The van der Waals surface area contributed by atoms with E-state index in [1.54, 1.807) is 7.11 Å². The molecule has 18 heavy (non-hydrogen) atoms. The minimum atomic E-state index is 0.362. The highest BCUT2D eigenvalue weighted by Crippen LogP contribution is 2.25. The van der Waals surface area contributed by atoms with E-state index in [-0.39, 0.29) is 0 Å². The second kappa shape index (κ2) is 7.46. The van der Waals surface area contributed by atoms with Crippen LogP contribution in [0, 0.1) is 11.3 Å². The Bertz CT molecular complexity index is 231. The number of methoxy groups -OCH3 is 1. The predicted octanol–water partition coefficient (Wildman–Crippen LogP) is 2.37. The molecule has 0 bridgehead atoms. The van der Waals surface area contributed by atoms with Crippen LogP contribution in [0.25, 0.3) is 0 Å². The van der Waals surface area contributed by atoms with Crippen LogP contribution in [-0.2, 0) is 4.74 Å². The largest absolute Gasteiger partial charge is 0.385 e. The average molecular weight is 256 g/mol. The van der Waals surface area contributed by atoms with Crippen LogP contribution in [0.15, 0.2) is 0 Å². The molecule has 0 aromatic rings. The SMILES string of the molecule is CCNC1CCN(CC(C)(C)CCOC)CC1C. The Morgan fingerprint density at radius 1 is 1.39 bits per heavy atom. The number of rotatable bonds is 7. The maximum Gasteiger partial charge on any atom is 0.0467 e. The van der Waals surface area contributed by atoms with Gasteiger partial charge in [-0.15, -0.1) is 0 Å². The molecular weight excluding hydrogens is 224 g/mol. The van der Waals surface area contributed by atoms with Crippen molar-refractivity contribution in [1.29, 1.82) is 0 Å². The number of ether oxygens (including phenoxy) is 1. The molecule has 1 aliphatic heterocycles. The van der Waals surface area contributed by atoms with E-state index >= 15 is 0 Å². The Balaban J connectivity index is 2.36. The van der Waals surface area contributed by atoms with Crippen molar-refractivity contribution in [3.8, 4) is 0 Å². The van der Waals surface area contributed by atoms with E-state index in [2.05, 4.69) is 37.9 Å². The average Bonchev–Trinajstić information content (AvgIpc) is 2.30. The first-order valence-corrected chi connectivity index (χ1v) is 7.43. The fourth-order valence-corrected chi connectivity index (χ4v) is 3.00. The first kappa shape index (κ1) is 15.9. The Kier molecular flexibility index (Phi) is 6.61. The molecule has 2 atom stereocenters. The van der Waals surface area contributed by atoms with Gasteiger partial charge in [0.1, 0.15) is 0 Å². The molecule has 0 spiro atoms. The number of hydrogen-bond acceptors (Lipinski definition) is 3. The van der Waals surface area contributed by atoms with Crippen LogP contribution in [0.4, 0.5) is 0 Å². The lowest BCUT2D eigenvalue weighted by atomic mass is 9.86. The number of likely N-dealkylation sites (tertiary alicyclic amines) is 1. The van der Waals surface area contributed by atoms with Gasteiger partial charge in [0.2, 0.25) is 0 Å². The third-order valence-corrected chi connectivity index (χ3v) is 4.09. The van der Waals surface area contributed by atoms with Crippen LogP contribution in [0.2, 0.25) is 0 Å². The molecule has 1 rings (SSSR count). The lowest BCUT2D eigenvalue weighted by molar-refractivity contribution is 0.0811. The molecule has 0 radical (unpaired) electrons. The van der Waals surface area contributed by atoms with Crippen LogP contribution in [0.1, 0.15) is 40.5 Å². The molecule has 0 saturated carbocycles. The summed E-state index contributed by atoms with van der Waals surface area (Å²) in [5, 5.41) is 3.61. The highest BCUT2D eigenvalue weighted by Gasteiger charge is 2.29. The van der Waals surface area contributed by atoms with Gasteiger partial charge in [-0.2, -0.15) is 0 Å². The smallest absolute Gasteiger partial charge is 0.0467 e. The molecule has 2 unspecified atom stereocenters. The van der Waals surface area contributed by atoms with Gasteiger partial charge in [-0.25, -0.2) is 0 Å². The van der Waals surface area contributed by atoms with Gasteiger partial charge in [-0.3, -0.25) is 0 Å². The van der Waals surface area contributed by atoms with Crippen molar-refractivity contribution < 1.29 is 4.74 Å². The zero-order valence-electron chi connectivity index (χ0n) is 13.0. The zero-order chi connectivity index (χ0) is 13.6. The molecule has 3 heteroatoms. The third-order valence-electron chi connectivity index (χ3n) is 4.09. The molecular formula is C15H32N2O. The minimum absolute atomic E-state index is 0.362. The van der Waals surface area contributed by atoms with Gasteiger partial charge in [0.05, 0.1) is 0 Å². The fraction of sp³-hybridized carbons (Fsp3) is 1.00. The molecule has 1 N–H and O–H groups in total. The van der Waals surface area contributed by atoms with Gasteiger partial charge in [0.15, 0.2) is 0 Å². The topological polar surface area (TPSA) is 24.5 Å². The van der Waals surface area contributed by atoms with Crippen molar-refractivity contribution in [2.45, 2.75) is 46.6 Å². The van der Waals surface area contributed by atoms with Crippen molar-refractivity contribution in [3.05, 3.63) is 0 Å². The second-order valence-electron chi connectivity index (χ2n) is 6.57. The molecule has 1 saturated heterocycles. The molecule has 1 aliphatic rings. The lowest BCUT2D eigenvalue weighted by Crippen LogP contribution is -2.50. The first-order valence-electron chi connectivity index (χ1n) is 7.43. The number of piperidine rings is 1. The summed E-state index contributed by atoms with van der Waals surface area (Å²) >= 11 is 0. The summed E-state index contributed by atoms with van der Waals surface area (Å²) in [6.07, 6.45) is 2.43. The van der Waals surface area contributed by atoms with Crippen molar-refractivity contribution in [1.82, 2.24) is 10.2 Å². The monoisotopic (exact) mass is 256 g/mol. The molecule has 0 amide bonds. The number of nitrogens with zero attached hydrogens (tertiary/aromatic N) is 1. The number of hydrogen-bond donors (Lipinski definition) is 1. The van der Waals surface area contributed by atoms with E-state index in [0.717, 1.165) is 25.5 Å². The Morgan fingerprint density at radius 2 is 2.11 bits per heavy atom. The second-order valence-corrected chi connectivity index (χ2v) is 6.57. The van der Waals surface area contributed by atoms with Gasteiger partial charge in [0, 0.05) is 32.8 Å². The van der Waals surface area contributed by atoms with Crippen LogP contribution >= 0.6 is 0 Å². The van der Waals surface area contributed by atoms with Gasteiger partial charge in [-0.05, 0) is 37.3 Å². The molecule has 3 nitrogen and oxygen atoms in total. The van der Waals surface area contributed by atoms with E-state index in [1.807, 2.05) is 0 Å². The van der Waals surface area contributed by atoms with Crippen molar-refractivity contribution in [3.63, 3.8) is 0 Å². The van der Waals surface area contributed by atoms with Crippen LogP contribution in [0.3, 0.4) is 0 Å². The van der Waals surface area contributed by atoms with Crippen LogP contribution < -0.4 is 5.32 Å². The van der Waals surface area contributed by atoms with E-state index in [0.29, 0.717) is 11.5 Å². The van der Waals surface area contributed by atoms with Gasteiger partial charge in [-0.1, -0.05) is 27.7 Å². The summed E-state index contributed by atoms with van der Waals surface area (Å²) in [5.74, 6) is 0.761. The molecule has 0 aromatic heterocycles. The maximum atomic E-state index is 5.21. The molecule has 1 heterocycles. The van der Waals surface area contributed by atoms with Gasteiger partial charge < -0.3 is 15.0 Å². The highest BCUT2D eigenvalue weighted by atomic mass is 16.5. The summed E-state index contributed by atoms with van der Waals surface area (Å²) in [7, 11) is 1.79.